The minimum Gasteiger partial charge on any atom is -0.494 e. The van der Waals surface area contributed by atoms with Crippen LogP contribution >= 0.6 is 0 Å². The lowest BCUT2D eigenvalue weighted by molar-refractivity contribution is -0.151. The molecular weight excluding hydrogens is 600 g/mol. The molecule has 0 aliphatic rings. The van der Waals surface area contributed by atoms with Gasteiger partial charge in [-0.15, -0.1) is 0 Å². The molecule has 1 atom stereocenters. The van der Waals surface area contributed by atoms with Gasteiger partial charge in [-0.25, -0.2) is 9.59 Å². The van der Waals surface area contributed by atoms with E-state index in [2.05, 4.69) is 13.8 Å². The van der Waals surface area contributed by atoms with Crippen LogP contribution in [0.3, 0.4) is 0 Å². The van der Waals surface area contributed by atoms with Gasteiger partial charge < -0.3 is 18.9 Å². The summed E-state index contributed by atoms with van der Waals surface area (Å²) in [6.45, 7) is 7.31. The smallest absolute Gasteiger partial charge is 0.347 e. The Hall–Kier alpha value is -3.80. The average Bonchev–Trinajstić information content (AvgIpc) is 3.11. The molecule has 0 bridgehead atoms. The van der Waals surface area contributed by atoms with E-state index in [9.17, 15) is 9.59 Å². The zero-order valence-corrected chi connectivity index (χ0v) is 29.7. The molecule has 1 unspecified atom stereocenters. The van der Waals surface area contributed by atoms with Crippen molar-refractivity contribution in [2.24, 2.45) is 0 Å². The minimum atomic E-state index is -0.678. The van der Waals surface area contributed by atoms with E-state index in [0.29, 0.717) is 30.3 Å². The van der Waals surface area contributed by atoms with Crippen molar-refractivity contribution in [1.29, 1.82) is 0 Å². The molecule has 0 saturated heterocycles. The Morgan fingerprint density at radius 3 is 1.48 bits per heavy atom. The fourth-order valence-electron chi connectivity index (χ4n) is 5.50. The maximum Gasteiger partial charge on any atom is 0.347 e. The third-order valence-electron chi connectivity index (χ3n) is 8.50. The second-order valence-electron chi connectivity index (χ2n) is 12.7. The number of hydrogen-bond acceptors (Lipinski definition) is 6. The van der Waals surface area contributed by atoms with Crippen LogP contribution in [0, 0.1) is 0 Å². The second kappa shape index (κ2) is 23.5. The number of ether oxygens (including phenoxy) is 4. The SMILES string of the molecule is CCCCCCCCCCOC(=O)C(C)Oc1ccc(-c2ccc(OC(=O)c3ccc(OCCCCCCCCCC)cc3)cc2)cc1. The highest BCUT2D eigenvalue weighted by molar-refractivity contribution is 5.91. The van der Waals surface area contributed by atoms with Crippen LogP contribution in [0.25, 0.3) is 11.1 Å². The number of hydrogen-bond donors (Lipinski definition) is 0. The van der Waals surface area contributed by atoms with Gasteiger partial charge in [0, 0.05) is 0 Å². The molecule has 6 nitrogen and oxygen atoms in total. The maximum absolute atomic E-state index is 12.7. The van der Waals surface area contributed by atoms with E-state index in [1.54, 1.807) is 31.2 Å². The molecule has 0 radical (unpaired) electrons. The predicted octanol–water partition coefficient (Wildman–Crippen LogP) is 11.5. The minimum absolute atomic E-state index is 0.342. The first kappa shape index (κ1) is 38.6. The van der Waals surface area contributed by atoms with Gasteiger partial charge in [-0.1, -0.05) is 128 Å². The molecule has 0 amide bonds. The maximum atomic E-state index is 12.7. The Morgan fingerprint density at radius 1 is 0.521 bits per heavy atom. The van der Waals surface area contributed by atoms with Gasteiger partial charge in [0.2, 0.25) is 0 Å². The zero-order chi connectivity index (χ0) is 34.2. The molecule has 0 N–H and O–H groups in total. The summed E-state index contributed by atoms with van der Waals surface area (Å²) < 4.78 is 22.7. The van der Waals surface area contributed by atoms with Gasteiger partial charge in [-0.05, 0) is 79.4 Å². The standard InChI is InChI=1S/C42H58O6/c1-4-6-8-10-12-14-16-18-32-45-38-26-24-37(25-27-38)42(44)48-40-30-22-36(23-31-40)35-20-28-39(29-21-35)47-34(3)41(43)46-33-19-17-15-13-11-9-7-5-2/h20-31,34H,4-19,32-33H2,1-3H3. The molecule has 262 valence electrons. The quantitative estimate of drug-likeness (QED) is 0.0512. The zero-order valence-electron chi connectivity index (χ0n) is 29.7. The molecule has 3 aromatic rings. The highest BCUT2D eigenvalue weighted by Gasteiger charge is 2.16. The third kappa shape index (κ3) is 15.4. The van der Waals surface area contributed by atoms with E-state index in [4.69, 9.17) is 18.9 Å². The van der Waals surface area contributed by atoms with Crippen LogP contribution in [0.2, 0.25) is 0 Å². The van der Waals surface area contributed by atoms with Gasteiger partial charge in [0.1, 0.15) is 17.2 Å². The molecule has 0 heterocycles. The Bertz CT molecular complexity index is 1280. The van der Waals surface area contributed by atoms with Crippen molar-refractivity contribution in [3.05, 3.63) is 78.4 Å². The fraction of sp³-hybridized carbons (Fsp3) is 0.524. The monoisotopic (exact) mass is 658 g/mol. The topological polar surface area (TPSA) is 71.1 Å². The van der Waals surface area contributed by atoms with Crippen molar-refractivity contribution in [1.82, 2.24) is 0 Å². The van der Waals surface area contributed by atoms with Crippen molar-refractivity contribution >= 4 is 11.9 Å². The summed E-state index contributed by atoms with van der Waals surface area (Å²) in [5.74, 6) is 1.08. The summed E-state index contributed by atoms with van der Waals surface area (Å²) in [5.41, 5.74) is 2.42. The highest BCUT2D eigenvalue weighted by atomic mass is 16.6. The number of rotatable bonds is 25. The van der Waals surface area contributed by atoms with Crippen molar-refractivity contribution in [2.45, 2.75) is 130 Å². The van der Waals surface area contributed by atoms with Crippen molar-refractivity contribution in [3.8, 4) is 28.4 Å². The molecule has 6 heteroatoms. The van der Waals surface area contributed by atoms with Crippen LogP contribution < -0.4 is 14.2 Å². The molecule has 0 aromatic heterocycles. The molecule has 0 aliphatic carbocycles. The summed E-state index contributed by atoms with van der Waals surface area (Å²) in [6.07, 6.45) is 19.0. The van der Waals surface area contributed by atoms with Crippen LogP contribution in [0.5, 0.6) is 17.2 Å². The van der Waals surface area contributed by atoms with Crippen molar-refractivity contribution in [3.63, 3.8) is 0 Å². The fourth-order valence-corrected chi connectivity index (χ4v) is 5.50. The molecule has 0 aliphatic heterocycles. The average molecular weight is 659 g/mol. The van der Waals surface area contributed by atoms with E-state index in [0.717, 1.165) is 36.1 Å². The van der Waals surface area contributed by atoms with Crippen LogP contribution in [-0.4, -0.2) is 31.3 Å². The van der Waals surface area contributed by atoms with Crippen LogP contribution in [0.4, 0.5) is 0 Å². The summed E-state index contributed by atoms with van der Waals surface area (Å²) in [7, 11) is 0. The van der Waals surface area contributed by atoms with E-state index < -0.39 is 12.1 Å². The molecule has 3 aromatic carbocycles. The first-order valence-electron chi connectivity index (χ1n) is 18.5. The molecule has 0 spiro atoms. The van der Waals surface area contributed by atoms with Gasteiger partial charge in [0.05, 0.1) is 18.8 Å². The van der Waals surface area contributed by atoms with Crippen LogP contribution in [0.1, 0.15) is 134 Å². The van der Waals surface area contributed by atoms with E-state index >= 15 is 0 Å². The first-order valence-corrected chi connectivity index (χ1v) is 18.5. The summed E-state index contributed by atoms with van der Waals surface area (Å²) in [5, 5.41) is 0. The second-order valence-corrected chi connectivity index (χ2v) is 12.7. The predicted molar refractivity (Wildman–Crippen MR) is 195 cm³/mol. The number of benzene rings is 3. The van der Waals surface area contributed by atoms with Crippen LogP contribution in [0.15, 0.2) is 72.8 Å². The summed E-state index contributed by atoms with van der Waals surface area (Å²) in [6, 6.07) is 22.1. The van der Waals surface area contributed by atoms with Gasteiger partial charge in [0.15, 0.2) is 6.10 Å². The summed E-state index contributed by atoms with van der Waals surface area (Å²) >= 11 is 0. The first-order chi connectivity index (χ1) is 23.5. The Kier molecular flexibility index (Phi) is 18.9. The normalized spacial score (nSPS) is 11.6. The van der Waals surface area contributed by atoms with E-state index in [1.807, 2.05) is 48.5 Å². The lowest BCUT2D eigenvalue weighted by Gasteiger charge is -2.14. The molecule has 3 rings (SSSR count). The lowest BCUT2D eigenvalue weighted by atomic mass is 10.1. The van der Waals surface area contributed by atoms with Gasteiger partial charge in [0.25, 0.3) is 0 Å². The van der Waals surface area contributed by atoms with Gasteiger partial charge >= 0.3 is 11.9 Å². The molecule has 48 heavy (non-hydrogen) atoms. The van der Waals surface area contributed by atoms with E-state index in [-0.39, 0.29) is 5.97 Å². The number of unbranched alkanes of at least 4 members (excludes halogenated alkanes) is 14. The third-order valence-corrected chi connectivity index (χ3v) is 8.50. The van der Waals surface area contributed by atoms with Crippen molar-refractivity contribution < 1.29 is 28.5 Å². The number of carbonyl (C=O) groups is 2. The Labute approximate surface area is 289 Å². The Balaban J connectivity index is 1.34. The number of esters is 2. The van der Waals surface area contributed by atoms with Gasteiger partial charge in [-0.3, -0.25) is 0 Å². The Morgan fingerprint density at radius 2 is 0.958 bits per heavy atom. The van der Waals surface area contributed by atoms with Crippen molar-refractivity contribution in [2.75, 3.05) is 13.2 Å². The lowest BCUT2D eigenvalue weighted by Crippen LogP contribution is -2.26. The highest BCUT2D eigenvalue weighted by Crippen LogP contribution is 2.26. The molecular formula is C42H58O6. The molecule has 0 fully saturated rings. The van der Waals surface area contributed by atoms with Gasteiger partial charge in [-0.2, -0.15) is 0 Å². The largest absolute Gasteiger partial charge is 0.494 e. The van der Waals surface area contributed by atoms with E-state index in [1.165, 1.54) is 83.5 Å². The molecule has 0 saturated carbocycles. The van der Waals surface area contributed by atoms with Crippen LogP contribution in [-0.2, 0) is 9.53 Å². The number of carbonyl (C=O) groups excluding carboxylic acids is 2. The summed E-state index contributed by atoms with van der Waals surface area (Å²) in [4.78, 5) is 25.1.